The summed E-state index contributed by atoms with van der Waals surface area (Å²) in [4.78, 5) is 20.5. The molecule has 30 heavy (non-hydrogen) atoms. The van der Waals surface area contributed by atoms with Crippen molar-refractivity contribution in [2.45, 2.75) is 49.8 Å². The number of hydrogen-bond acceptors (Lipinski definition) is 5. The van der Waals surface area contributed by atoms with Crippen LogP contribution in [0.3, 0.4) is 0 Å². The van der Waals surface area contributed by atoms with E-state index in [9.17, 15) is 4.79 Å². The number of ether oxygens (including phenoxy) is 1. The Labute approximate surface area is 180 Å². The fraction of sp³-hybridized carbons (Fsp3) is 0.708. The van der Waals surface area contributed by atoms with Crippen LogP contribution in [-0.2, 0) is 9.53 Å². The second-order valence-corrected chi connectivity index (χ2v) is 9.75. The average Bonchev–Trinajstić information content (AvgIpc) is 3.17. The highest BCUT2D eigenvalue weighted by atomic mass is 16.5. The van der Waals surface area contributed by atoms with E-state index in [0.717, 1.165) is 65.0 Å². The van der Waals surface area contributed by atoms with E-state index in [0.29, 0.717) is 23.9 Å². The number of piperazine rings is 1. The van der Waals surface area contributed by atoms with Crippen LogP contribution in [0.4, 0.5) is 5.69 Å². The zero-order chi connectivity index (χ0) is 20.7. The molecule has 5 rings (SSSR count). The van der Waals surface area contributed by atoms with Crippen molar-refractivity contribution in [2.75, 3.05) is 58.3 Å². The molecule has 3 aliphatic heterocycles. The van der Waals surface area contributed by atoms with Crippen LogP contribution >= 0.6 is 0 Å². The molecule has 1 aromatic carbocycles. The number of fused-ring (bicyclic) bond motifs is 2. The van der Waals surface area contributed by atoms with E-state index in [1.807, 2.05) is 0 Å². The Hall–Kier alpha value is -1.63. The highest BCUT2D eigenvalue weighted by Crippen LogP contribution is 2.38. The van der Waals surface area contributed by atoms with Crippen molar-refractivity contribution in [3.05, 3.63) is 29.8 Å². The summed E-state index contributed by atoms with van der Waals surface area (Å²) in [6.45, 7) is 6.24. The predicted molar refractivity (Wildman–Crippen MR) is 119 cm³/mol. The quantitative estimate of drug-likeness (QED) is 0.822. The number of benzene rings is 1. The molecule has 0 radical (unpaired) electrons. The molecule has 4 fully saturated rings. The maximum Gasteiger partial charge on any atom is 0.227 e. The lowest BCUT2D eigenvalue weighted by molar-refractivity contribution is -0.138. The summed E-state index contributed by atoms with van der Waals surface area (Å²) in [5.41, 5.74) is 2.71. The van der Waals surface area contributed by atoms with Gasteiger partial charge in [0.15, 0.2) is 0 Å². The molecule has 164 valence electrons. The number of methoxy groups -OCH3 is 1. The Morgan fingerprint density at radius 3 is 2.53 bits per heavy atom. The number of nitrogens with one attached hydrogen (secondary N) is 1. The van der Waals surface area contributed by atoms with Crippen LogP contribution in [0.25, 0.3) is 0 Å². The van der Waals surface area contributed by atoms with Gasteiger partial charge in [-0.3, -0.25) is 4.79 Å². The molecule has 4 aliphatic rings. The van der Waals surface area contributed by atoms with Crippen molar-refractivity contribution in [3.63, 3.8) is 0 Å². The van der Waals surface area contributed by atoms with E-state index in [4.69, 9.17) is 4.74 Å². The summed E-state index contributed by atoms with van der Waals surface area (Å²) in [5, 5.41) is 3.73. The number of hydrogen-bond donors (Lipinski definition) is 1. The summed E-state index contributed by atoms with van der Waals surface area (Å²) >= 11 is 0. The molecule has 6 heteroatoms. The molecule has 4 unspecified atom stereocenters. The Balaban J connectivity index is 1.26. The summed E-state index contributed by atoms with van der Waals surface area (Å²) in [7, 11) is 3.97. The first-order valence-electron chi connectivity index (χ1n) is 11.7. The first kappa shape index (κ1) is 20.3. The van der Waals surface area contributed by atoms with Crippen molar-refractivity contribution in [2.24, 2.45) is 5.92 Å². The van der Waals surface area contributed by atoms with Crippen molar-refractivity contribution >= 4 is 11.6 Å². The highest BCUT2D eigenvalue weighted by Gasteiger charge is 2.45. The molecule has 1 saturated carbocycles. The van der Waals surface area contributed by atoms with Gasteiger partial charge in [-0.2, -0.15) is 0 Å². The fourth-order valence-corrected chi connectivity index (χ4v) is 6.01. The van der Waals surface area contributed by atoms with Crippen molar-refractivity contribution in [1.29, 1.82) is 0 Å². The minimum absolute atomic E-state index is 0.0760. The molecule has 0 aromatic heterocycles. The number of carbonyl (C=O) groups is 1. The molecule has 3 saturated heterocycles. The second-order valence-electron chi connectivity index (χ2n) is 9.75. The highest BCUT2D eigenvalue weighted by molar-refractivity contribution is 5.81. The van der Waals surface area contributed by atoms with Crippen LogP contribution in [0.15, 0.2) is 24.3 Å². The van der Waals surface area contributed by atoms with Crippen LogP contribution in [0.2, 0.25) is 0 Å². The standard InChI is InChI=1S/C24H36N4O2/c1-26-9-11-27(12-10-26)19-5-3-17(4-6-19)18-13-20-15-25-23-8-7-21(30-2)14-22(23)24(29)28(20)16-18/h3-6,18,20-23,25H,7-16H2,1-2H3/t18?,20-,21?,22?,23?/m0/s1. The Bertz CT molecular complexity index is 746. The monoisotopic (exact) mass is 412 g/mol. The molecular formula is C24H36N4O2. The summed E-state index contributed by atoms with van der Waals surface area (Å²) in [6.07, 6.45) is 4.27. The van der Waals surface area contributed by atoms with Crippen molar-refractivity contribution in [3.8, 4) is 0 Å². The zero-order valence-corrected chi connectivity index (χ0v) is 18.4. The summed E-state index contributed by atoms with van der Waals surface area (Å²) in [5.74, 6) is 0.876. The first-order valence-corrected chi connectivity index (χ1v) is 11.7. The van der Waals surface area contributed by atoms with Gasteiger partial charge in [0.25, 0.3) is 0 Å². The van der Waals surface area contributed by atoms with Crippen LogP contribution in [0, 0.1) is 5.92 Å². The molecule has 1 aromatic rings. The first-order chi connectivity index (χ1) is 14.6. The van der Waals surface area contributed by atoms with Gasteiger partial charge in [0.2, 0.25) is 5.91 Å². The third-order valence-corrected chi connectivity index (χ3v) is 8.00. The molecule has 6 nitrogen and oxygen atoms in total. The third-order valence-electron chi connectivity index (χ3n) is 8.00. The van der Waals surface area contributed by atoms with E-state index >= 15 is 0 Å². The second kappa shape index (κ2) is 8.48. The fourth-order valence-electron chi connectivity index (χ4n) is 6.01. The minimum atomic E-state index is 0.0760. The van der Waals surface area contributed by atoms with E-state index in [2.05, 4.69) is 51.3 Å². The smallest absolute Gasteiger partial charge is 0.227 e. The van der Waals surface area contributed by atoms with Gasteiger partial charge in [-0.25, -0.2) is 0 Å². The Kier molecular flexibility index (Phi) is 5.73. The van der Waals surface area contributed by atoms with Crippen LogP contribution in [0.1, 0.15) is 37.2 Å². The zero-order valence-electron chi connectivity index (χ0n) is 18.4. The van der Waals surface area contributed by atoms with Gasteiger partial charge in [0, 0.05) is 70.1 Å². The number of carbonyl (C=O) groups excluding carboxylic acids is 1. The lowest BCUT2D eigenvalue weighted by Gasteiger charge is -2.35. The van der Waals surface area contributed by atoms with Gasteiger partial charge in [0.1, 0.15) is 0 Å². The number of rotatable bonds is 3. The number of likely N-dealkylation sites (N-methyl/N-ethyl adjacent to an activating group) is 1. The molecule has 1 N–H and O–H groups in total. The molecule has 0 bridgehead atoms. The molecular weight excluding hydrogens is 376 g/mol. The van der Waals surface area contributed by atoms with E-state index in [1.54, 1.807) is 7.11 Å². The van der Waals surface area contributed by atoms with E-state index in [1.165, 1.54) is 11.3 Å². The topological polar surface area (TPSA) is 48.1 Å². The number of amides is 1. The predicted octanol–water partition coefficient (Wildman–Crippen LogP) is 1.91. The van der Waals surface area contributed by atoms with Crippen molar-refractivity contribution < 1.29 is 9.53 Å². The van der Waals surface area contributed by atoms with E-state index < -0.39 is 0 Å². The maximum atomic E-state index is 13.4. The number of nitrogens with zero attached hydrogens (tertiary/aromatic N) is 3. The Morgan fingerprint density at radius 1 is 1.03 bits per heavy atom. The average molecular weight is 413 g/mol. The summed E-state index contributed by atoms with van der Waals surface area (Å²) in [6, 6.07) is 9.82. The summed E-state index contributed by atoms with van der Waals surface area (Å²) < 4.78 is 5.59. The van der Waals surface area contributed by atoms with Crippen LogP contribution in [0.5, 0.6) is 0 Å². The van der Waals surface area contributed by atoms with Gasteiger partial charge in [-0.05, 0) is 50.4 Å². The molecule has 0 spiro atoms. The normalized spacial score (nSPS) is 35.1. The van der Waals surface area contributed by atoms with Crippen LogP contribution < -0.4 is 10.2 Å². The van der Waals surface area contributed by atoms with E-state index in [-0.39, 0.29) is 12.0 Å². The number of anilines is 1. The molecule has 1 aliphatic carbocycles. The van der Waals surface area contributed by atoms with Crippen LogP contribution in [-0.4, -0.2) is 87.3 Å². The van der Waals surface area contributed by atoms with Gasteiger partial charge in [-0.15, -0.1) is 0 Å². The lowest BCUT2D eigenvalue weighted by Crippen LogP contribution is -2.46. The molecule has 3 heterocycles. The van der Waals surface area contributed by atoms with Gasteiger partial charge in [0.05, 0.1) is 12.0 Å². The lowest BCUT2D eigenvalue weighted by atomic mass is 9.82. The minimum Gasteiger partial charge on any atom is -0.381 e. The Morgan fingerprint density at radius 2 is 1.80 bits per heavy atom. The maximum absolute atomic E-state index is 13.4. The molecule has 1 amide bonds. The molecule has 5 atom stereocenters. The van der Waals surface area contributed by atoms with Gasteiger partial charge >= 0.3 is 0 Å². The van der Waals surface area contributed by atoms with Crippen molar-refractivity contribution in [1.82, 2.24) is 15.1 Å². The SMILES string of the molecule is COC1CCC2NC[C@@H]3CC(c4ccc(N5CCN(C)CC5)cc4)CN3C(=O)C2C1. The van der Waals surface area contributed by atoms with Gasteiger partial charge in [-0.1, -0.05) is 12.1 Å². The third kappa shape index (κ3) is 3.85. The largest absolute Gasteiger partial charge is 0.381 e. The van der Waals surface area contributed by atoms with Gasteiger partial charge < -0.3 is 24.8 Å².